The Morgan fingerprint density at radius 2 is 1.77 bits per heavy atom. The Hall–Kier alpha value is -2.79. The van der Waals surface area contributed by atoms with Gasteiger partial charge in [-0.3, -0.25) is 14.8 Å². The maximum Gasteiger partial charge on any atom is 0.255 e. The molecule has 1 fully saturated rings. The lowest BCUT2D eigenvalue weighted by molar-refractivity contribution is 0.102. The molecule has 5 nitrogen and oxygen atoms in total. The molecule has 5 heteroatoms. The number of nitrogens with zero attached hydrogens (tertiary/aromatic N) is 3. The first-order valence-electron chi connectivity index (χ1n) is 9.00. The lowest BCUT2D eigenvalue weighted by Crippen LogP contribution is -2.29. The zero-order valence-corrected chi connectivity index (χ0v) is 14.9. The fourth-order valence-electron chi connectivity index (χ4n) is 3.54. The number of rotatable bonds is 3. The molecule has 0 atom stereocenters. The number of benzene rings is 2. The van der Waals surface area contributed by atoms with Crippen LogP contribution in [0.3, 0.4) is 0 Å². The van der Waals surface area contributed by atoms with Crippen molar-refractivity contribution in [2.24, 2.45) is 0 Å². The lowest BCUT2D eigenvalue weighted by atomic mass is 9.89. The number of para-hydroxylation sites is 1. The van der Waals surface area contributed by atoms with Crippen LogP contribution >= 0.6 is 0 Å². The molecular formula is C21H22N4O. The third-order valence-corrected chi connectivity index (χ3v) is 5.11. The van der Waals surface area contributed by atoms with Gasteiger partial charge in [0, 0.05) is 18.0 Å². The molecule has 0 bridgehead atoms. The molecule has 2 heterocycles. The van der Waals surface area contributed by atoms with Gasteiger partial charge < -0.3 is 10.2 Å². The number of hydrogen-bond donors (Lipinski definition) is 1. The van der Waals surface area contributed by atoms with Crippen molar-refractivity contribution in [3.63, 3.8) is 0 Å². The molecule has 1 N–H and O–H groups in total. The summed E-state index contributed by atoms with van der Waals surface area (Å²) in [7, 11) is 2.17. The first kappa shape index (κ1) is 16.7. The van der Waals surface area contributed by atoms with Crippen LogP contribution in [0.5, 0.6) is 0 Å². The Bertz CT molecular complexity index is 909. The Kier molecular flexibility index (Phi) is 4.63. The molecule has 1 aromatic heterocycles. The molecule has 2 aromatic carbocycles. The van der Waals surface area contributed by atoms with Gasteiger partial charge in [0.1, 0.15) is 5.52 Å². The Morgan fingerprint density at radius 1 is 1.04 bits per heavy atom. The number of nitrogens with one attached hydrogen (secondary N) is 1. The van der Waals surface area contributed by atoms with E-state index in [4.69, 9.17) is 0 Å². The topological polar surface area (TPSA) is 58.1 Å². The van der Waals surface area contributed by atoms with Crippen LogP contribution in [0.15, 0.2) is 54.9 Å². The average Bonchev–Trinajstić information content (AvgIpc) is 2.69. The Balaban J connectivity index is 1.50. The van der Waals surface area contributed by atoms with E-state index in [2.05, 4.69) is 39.4 Å². The van der Waals surface area contributed by atoms with Crippen molar-refractivity contribution < 1.29 is 4.79 Å². The van der Waals surface area contributed by atoms with Crippen LogP contribution in [0.25, 0.3) is 11.0 Å². The van der Waals surface area contributed by atoms with Gasteiger partial charge in [-0.2, -0.15) is 0 Å². The number of hydrogen-bond acceptors (Lipinski definition) is 4. The summed E-state index contributed by atoms with van der Waals surface area (Å²) in [6.45, 7) is 2.27. The van der Waals surface area contributed by atoms with Crippen LogP contribution in [-0.4, -0.2) is 40.9 Å². The highest BCUT2D eigenvalue weighted by atomic mass is 16.1. The third kappa shape index (κ3) is 3.44. The zero-order valence-electron chi connectivity index (χ0n) is 14.9. The first-order valence-corrected chi connectivity index (χ1v) is 9.00. The number of fused-ring (bicyclic) bond motifs is 1. The van der Waals surface area contributed by atoms with Gasteiger partial charge in [-0.15, -0.1) is 0 Å². The van der Waals surface area contributed by atoms with Gasteiger partial charge in [-0.1, -0.05) is 18.2 Å². The van der Waals surface area contributed by atoms with Crippen molar-refractivity contribution in [2.75, 3.05) is 25.5 Å². The van der Waals surface area contributed by atoms with Crippen LogP contribution in [0, 0.1) is 0 Å². The highest BCUT2D eigenvalue weighted by Crippen LogP contribution is 2.28. The molecule has 3 aromatic rings. The molecule has 1 saturated heterocycles. The number of carbonyl (C=O) groups excluding carboxylic acids is 1. The number of amides is 1. The first-order chi connectivity index (χ1) is 12.7. The number of likely N-dealkylation sites (tertiary alicyclic amines) is 1. The van der Waals surface area contributed by atoms with Gasteiger partial charge in [0.05, 0.1) is 11.2 Å². The summed E-state index contributed by atoms with van der Waals surface area (Å²) in [5.74, 6) is 0.467. The van der Waals surface area contributed by atoms with Crippen molar-refractivity contribution in [2.45, 2.75) is 18.8 Å². The third-order valence-electron chi connectivity index (χ3n) is 5.11. The van der Waals surface area contributed by atoms with Crippen molar-refractivity contribution in [1.82, 2.24) is 14.9 Å². The van der Waals surface area contributed by atoms with Gasteiger partial charge in [0.25, 0.3) is 5.91 Å². The molecule has 26 heavy (non-hydrogen) atoms. The number of carbonyl (C=O) groups is 1. The molecule has 0 saturated carbocycles. The molecule has 4 rings (SSSR count). The van der Waals surface area contributed by atoms with Gasteiger partial charge in [0.15, 0.2) is 0 Å². The standard InChI is InChI=1S/C21H22N4O/c1-25-13-9-16(10-14-25)15-5-7-17(8-6-15)21(26)24-19-4-2-3-18-20(19)23-12-11-22-18/h2-8,11-12,16H,9-10,13-14H2,1H3,(H,24,26). The summed E-state index contributed by atoms with van der Waals surface area (Å²) >= 11 is 0. The van der Waals surface area contributed by atoms with Gasteiger partial charge in [0.2, 0.25) is 0 Å². The van der Waals surface area contributed by atoms with E-state index in [9.17, 15) is 4.79 Å². The summed E-state index contributed by atoms with van der Waals surface area (Å²) < 4.78 is 0. The molecule has 1 aliphatic heterocycles. The maximum absolute atomic E-state index is 12.6. The number of aromatic nitrogens is 2. The van der Waals surface area contributed by atoms with Gasteiger partial charge in [-0.05, 0) is 68.7 Å². The van der Waals surface area contributed by atoms with E-state index < -0.39 is 0 Å². The monoisotopic (exact) mass is 346 g/mol. The second-order valence-electron chi connectivity index (χ2n) is 6.88. The van der Waals surface area contributed by atoms with Crippen molar-refractivity contribution in [3.8, 4) is 0 Å². The molecule has 0 radical (unpaired) electrons. The fourth-order valence-corrected chi connectivity index (χ4v) is 3.54. The van der Waals surface area contributed by atoms with E-state index in [1.54, 1.807) is 12.4 Å². The second kappa shape index (κ2) is 7.22. The van der Waals surface area contributed by atoms with Crippen LogP contribution in [0.4, 0.5) is 5.69 Å². The second-order valence-corrected chi connectivity index (χ2v) is 6.88. The maximum atomic E-state index is 12.6. The van der Waals surface area contributed by atoms with Gasteiger partial charge in [-0.25, -0.2) is 0 Å². The van der Waals surface area contributed by atoms with Crippen molar-refractivity contribution in [3.05, 3.63) is 66.0 Å². The normalized spacial score (nSPS) is 15.9. The number of anilines is 1. The molecule has 0 spiro atoms. The van der Waals surface area contributed by atoms with Crippen LogP contribution in [-0.2, 0) is 0 Å². The largest absolute Gasteiger partial charge is 0.320 e. The molecular weight excluding hydrogens is 324 g/mol. The summed E-state index contributed by atoms with van der Waals surface area (Å²) in [6, 6.07) is 13.6. The smallest absolute Gasteiger partial charge is 0.255 e. The van der Waals surface area contributed by atoms with E-state index in [-0.39, 0.29) is 5.91 Å². The lowest BCUT2D eigenvalue weighted by Gasteiger charge is -2.29. The minimum absolute atomic E-state index is 0.127. The van der Waals surface area contributed by atoms with Crippen molar-refractivity contribution >= 4 is 22.6 Å². The minimum Gasteiger partial charge on any atom is -0.320 e. The highest BCUT2D eigenvalue weighted by Gasteiger charge is 2.18. The van der Waals surface area contributed by atoms with E-state index in [0.717, 1.165) is 18.6 Å². The minimum atomic E-state index is -0.127. The fraction of sp³-hybridized carbons (Fsp3) is 0.286. The molecule has 0 unspecified atom stereocenters. The summed E-state index contributed by atoms with van der Waals surface area (Å²) in [4.78, 5) is 23.6. The zero-order chi connectivity index (χ0) is 17.9. The van der Waals surface area contributed by atoms with Crippen LogP contribution in [0.2, 0.25) is 0 Å². The summed E-state index contributed by atoms with van der Waals surface area (Å²) in [5, 5.41) is 2.96. The molecule has 0 aliphatic carbocycles. The SMILES string of the molecule is CN1CCC(c2ccc(C(=O)Nc3cccc4nccnc34)cc2)CC1. The predicted octanol–water partition coefficient (Wildman–Crippen LogP) is 3.69. The number of piperidine rings is 1. The Labute approximate surface area is 153 Å². The van der Waals surface area contributed by atoms with E-state index in [0.29, 0.717) is 22.7 Å². The van der Waals surface area contributed by atoms with Crippen LogP contribution < -0.4 is 5.32 Å². The summed E-state index contributed by atoms with van der Waals surface area (Å²) in [6.07, 6.45) is 5.64. The van der Waals surface area contributed by atoms with E-state index in [1.807, 2.05) is 30.3 Å². The average molecular weight is 346 g/mol. The van der Waals surface area contributed by atoms with Crippen molar-refractivity contribution in [1.29, 1.82) is 0 Å². The summed E-state index contributed by atoms with van der Waals surface area (Å²) in [5.41, 5.74) is 4.13. The van der Waals surface area contributed by atoms with Gasteiger partial charge >= 0.3 is 0 Å². The van der Waals surface area contributed by atoms with E-state index >= 15 is 0 Å². The highest BCUT2D eigenvalue weighted by molar-refractivity contribution is 6.07. The molecule has 1 amide bonds. The van der Waals surface area contributed by atoms with E-state index in [1.165, 1.54) is 18.4 Å². The van der Waals surface area contributed by atoms with Crippen LogP contribution in [0.1, 0.15) is 34.7 Å². The molecule has 1 aliphatic rings. The Morgan fingerprint density at radius 3 is 2.54 bits per heavy atom. The predicted molar refractivity (Wildman–Crippen MR) is 103 cm³/mol. The quantitative estimate of drug-likeness (QED) is 0.786. The molecule has 132 valence electrons.